The van der Waals surface area contributed by atoms with Crippen LogP contribution in [0.25, 0.3) is 0 Å². The van der Waals surface area contributed by atoms with Crippen LogP contribution in [0.15, 0.2) is 6.33 Å². The molecule has 0 fully saturated rings. The second-order valence-electron chi connectivity index (χ2n) is 2.78. The number of fused-ring (bicyclic) bond motifs is 1. The van der Waals surface area contributed by atoms with Crippen LogP contribution in [0.3, 0.4) is 0 Å². The topological polar surface area (TPSA) is 17.8 Å². The minimum atomic E-state index is 0.672. The van der Waals surface area contributed by atoms with Gasteiger partial charge in [-0.25, -0.2) is 4.98 Å². The summed E-state index contributed by atoms with van der Waals surface area (Å²) in [5, 5.41) is 0. The first-order valence-electron chi connectivity index (χ1n) is 3.50. The van der Waals surface area contributed by atoms with Crippen LogP contribution in [-0.2, 0) is 6.42 Å². The van der Waals surface area contributed by atoms with Crippen molar-refractivity contribution in [2.24, 2.45) is 0 Å². The van der Waals surface area contributed by atoms with Crippen molar-refractivity contribution in [1.82, 2.24) is 9.55 Å². The zero-order chi connectivity index (χ0) is 7.14. The third kappa shape index (κ3) is 0.794. The van der Waals surface area contributed by atoms with Crippen molar-refractivity contribution in [3.05, 3.63) is 15.7 Å². The van der Waals surface area contributed by atoms with E-state index in [-0.39, 0.29) is 0 Å². The molecular formula is C7H9IN2. The quantitative estimate of drug-likeness (QED) is 0.642. The third-order valence-corrected chi connectivity index (χ3v) is 3.02. The number of hydrogen-bond acceptors (Lipinski definition) is 1. The lowest BCUT2D eigenvalue weighted by atomic mass is 10.2. The van der Waals surface area contributed by atoms with E-state index in [1.165, 1.54) is 22.2 Å². The Morgan fingerprint density at radius 3 is 3.30 bits per heavy atom. The van der Waals surface area contributed by atoms with Crippen molar-refractivity contribution < 1.29 is 0 Å². The molecule has 1 aromatic heterocycles. The summed E-state index contributed by atoms with van der Waals surface area (Å²) in [7, 11) is 0. The molecule has 2 nitrogen and oxygen atoms in total. The molecule has 0 aromatic carbocycles. The first kappa shape index (κ1) is 6.64. The Labute approximate surface area is 73.8 Å². The van der Waals surface area contributed by atoms with E-state index in [0.29, 0.717) is 6.04 Å². The maximum Gasteiger partial charge on any atom is 0.122 e. The molecule has 0 spiro atoms. The summed E-state index contributed by atoms with van der Waals surface area (Å²) in [5.74, 6) is 0. The molecule has 0 aliphatic carbocycles. The van der Waals surface area contributed by atoms with Crippen LogP contribution in [0.5, 0.6) is 0 Å². The molecule has 10 heavy (non-hydrogen) atoms. The zero-order valence-corrected chi connectivity index (χ0v) is 8.00. The Hall–Kier alpha value is -0.0600. The van der Waals surface area contributed by atoms with Gasteiger partial charge in [0, 0.05) is 6.04 Å². The van der Waals surface area contributed by atoms with Crippen molar-refractivity contribution in [2.75, 3.05) is 0 Å². The second-order valence-corrected chi connectivity index (χ2v) is 3.80. The fourth-order valence-electron chi connectivity index (χ4n) is 1.46. The number of halogens is 1. The van der Waals surface area contributed by atoms with Gasteiger partial charge in [0.05, 0.1) is 12.0 Å². The molecule has 0 radical (unpaired) electrons. The predicted molar refractivity (Wildman–Crippen MR) is 48.0 cm³/mol. The molecule has 0 saturated heterocycles. The molecule has 0 saturated carbocycles. The van der Waals surface area contributed by atoms with Gasteiger partial charge in [-0.05, 0) is 42.4 Å². The van der Waals surface area contributed by atoms with Crippen molar-refractivity contribution in [1.29, 1.82) is 0 Å². The van der Waals surface area contributed by atoms with Gasteiger partial charge in [-0.1, -0.05) is 0 Å². The Kier molecular flexibility index (Phi) is 1.47. The molecule has 2 heterocycles. The molecule has 3 heteroatoms. The van der Waals surface area contributed by atoms with Crippen LogP contribution in [0, 0.1) is 3.70 Å². The van der Waals surface area contributed by atoms with Crippen LogP contribution < -0.4 is 0 Å². The maximum atomic E-state index is 4.24. The SMILES string of the molecule is CC1CCc2c(I)ncn21. The summed E-state index contributed by atoms with van der Waals surface area (Å²) in [6, 6.07) is 0.672. The van der Waals surface area contributed by atoms with E-state index in [4.69, 9.17) is 0 Å². The summed E-state index contributed by atoms with van der Waals surface area (Å²) in [4.78, 5) is 4.24. The predicted octanol–water partition coefficient (Wildman–Crippen LogP) is 1.99. The molecule has 0 amide bonds. The lowest BCUT2D eigenvalue weighted by Gasteiger charge is -2.02. The third-order valence-electron chi connectivity index (χ3n) is 2.12. The summed E-state index contributed by atoms with van der Waals surface area (Å²) >= 11 is 2.30. The molecule has 0 bridgehead atoms. The van der Waals surface area contributed by atoms with E-state index < -0.39 is 0 Å². The molecule has 1 atom stereocenters. The highest BCUT2D eigenvalue weighted by Gasteiger charge is 2.19. The Morgan fingerprint density at radius 2 is 2.60 bits per heavy atom. The number of hydrogen-bond donors (Lipinski definition) is 0. The lowest BCUT2D eigenvalue weighted by molar-refractivity contribution is 0.577. The van der Waals surface area contributed by atoms with Gasteiger partial charge in [0.25, 0.3) is 0 Å². The standard InChI is InChI=1S/C7H9IN2/c1-5-2-3-6-7(8)9-4-10(5)6/h4-5H,2-3H2,1H3. The largest absolute Gasteiger partial charge is 0.331 e. The van der Waals surface area contributed by atoms with Gasteiger partial charge in [0.2, 0.25) is 0 Å². The van der Waals surface area contributed by atoms with Crippen LogP contribution >= 0.6 is 22.6 Å². The Bertz CT molecular complexity index is 254. The lowest BCUT2D eigenvalue weighted by Crippen LogP contribution is -1.95. The number of aromatic nitrogens is 2. The van der Waals surface area contributed by atoms with E-state index in [1.54, 1.807) is 0 Å². The number of imidazole rings is 1. The average molecular weight is 248 g/mol. The summed E-state index contributed by atoms with van der Waals surface area (Å²) in [6.07, 6.45) is 4.45. The van der Waals surface area contributed by atoms with Crippen molar-refractivity contribution in [3.63, 3.8) is 0 Å². The molecular weight excluding hydrogens is 239 g/mol. The van der Waals surface area contributed by atoms with E-state index in [0.717, 1.165) is 0 Å². The van der Waals surface area contributed by atoms with E-state index in [9.17, 15) is 0 Å². The van der Waals surface area contributed by atoms with Gasteiger partial charge in [0.1, 0.15) is 3.70 Å². The number of nitrogens with zero attached hydrogens (tertiary/aromatic N) is 2. The van der Waals surface area contributed by atoms with Crippen LogP contribution in [0.2, 0.25) is 0 Å². The Morgan fingerprint density at radius 1 is 1.80 bits per heavy atom. The fourth-order valence-corrected chi connectivity index (χ4v) is 2.13. The van der Waals surface area contributed by atoms with Crippen molar-refractivity contribution in [2.45, 2.75) is 25.8 Å². The normalized spacial score (nSPS) is 23.2. The van der Waals surface area contributed by atoms with Gasteiger partial charge in [-0.2, -0.15) is 0 Å². The van der Waals surface area contributed by atoms with Gasteiger partial charge in [0.15, 0.2) is 0 Å². The summed E-state index contributed by atoms with van der Waals surface area (Å²) in [6.45, 7) is 2.24. The van der Waals surface area contributed by atoms with Gasteiger partial charge in [-0.3, -0.25) is 0 Å². The first-order chi connectivity index (χ1) is 4.79. The van der Waals surface area contributed by atoms with Gasteiger partial charge < -0.3 is 4.57 Å². The molecule has 54 valence electrons. The highest BCUT2D eigenvalue weighted by Crippen LogP contribution is 2.27. The molecule has 1 aliphatic heterocycles. The molecule has 1 aliphatic rings. The maximum absolute atomic E-state index is 4.24. The van der Waals surface area contributed by atoms with Gasteiger partial charge >= 0.3 is 0 Å². The van der Waals surface area contributed by atoms with Crippen molar-refractivity contribution >= 4 is 22.6 Å². The molecule has 0 N–H and O–H groups in total. The van der Waals surface area contributed by atoms with Gasteiger partial charge in [-0.15, -0.1) is 0 Å². The minimum Gasteiger partial charge on any atom is -0.331 e. The minimum absolute atomic E-state index is 0.672. The summed E-state index contributed by atoms with van der Waals surface area (Å²) in [5.41, 5.74) is 1.42. The van der Waals surface area contributed by atoms with Crippen LogP contribution in [0.4, 0.5) is 0 Å². The highest BCUT2D eigenvalue weighted by molar-refractivity contribution is 14.1. The summed E-state index contributed by atoms with van der Waals surface area (Å²) < 4.78 is 3.46. The fraction of sp³-hybridized carbons (Fsp3) is 0.571. The van der Waals surface area contributed by atoms with Crippen LogP contribution in [-0.4, -0.2) is 9.55 Å². The van der Waals surface area contributed by atoms with E-state index in [1.807, 2.05) is 6.33 Å². The molecule has 2 rings (SSSR count). The van der Waals surface area contributed by atoms with Crippen molar-refractivity contribution in [3.8, 4) is 0 Å². The number of rotatable bonds is 0. The average Bonchev–Trinajstić information content (AvgIpc) is 2.41. The van der Waals surface area contributed by atoms with Crippen LogP contribution in [0.1, 0.15) is 25.1 Å². The van der Waals surface area contributed by atoms with E-state index in [2.05, 4.69) is 39.1 Å². The Balaban J connectivity index is 2.53. The zero-order valence-electron chi connectivity index (χ0n) is 5.84. The smallest absolute Gasteiger partial charge is 0.122 e. The van der Waals surface area contributed by atoms with E-state index >= 15 is 0 Å². The molecule has 1 aromatic rings. The molecule has 1 unspecified atom stereocenters. The first-order valence-corrected chi connectivity index (χ1v) is 4.58. The highest BCUT2D eigenvalue weighted by atomic mass is 127. The second kappa shape index (κ2) is 2.22. The monoisotopic (exact) mass is 248 g/mol.